The molecule has 0 unspecified atom stereocenters. The molecule has 0 radical (unpaired) electrons. The molecule has 7 heteroatoms. The highest BCUT2D eigenvalue weighted by Crippen LogP contribution is 2.55. The molecule has 1 aromatic carbocycles. The second kappa shape index (κ2) is 7.15. The summed E-state index contributed by atoms with van der Waals surface area (Å²) in [5, 5.41) is 3.77. The first kappa shape index (κ1) is 19.9. The van der Waals surface area contributed by atoms with Gasteiger partial charge in [0.1, 0.15) is 5.82 Å². The lowest BCUT2D eigenvalue weighted by Gasteiger charge is -2.57. The summed E-state index contributed by atoms with van der Waals surface area (Å²) in [6.07, 6.45) is 7.90. The zero-order valence-corrected chi connectivity index (χ0v) is 18.4. The molecule has 4 aliphatic carbocycles. The monoisotopic (exact) mass is 435 g/mol. The van der Waals surface area contributed by atoms with Crippen LogP contribution in [0.4, 0.5) is 0 Å². The van der Waals surface area contributed by atoms with E-state index in [9.17, 15) is 14.4 Å². The minimum absolute atomic E-state index is 0.0641. The first-order valence-corrected chi connectivity index (χ1v) is 12.0. The van der Waals surface area contributed by atoms with Gasteiger partial charge in [-0.1, -0.05) is 0 Å². The predicted molar refractivity (Wildman–Crippen MR) is 118 cm³/mol. The second-order valence-corrected chi connectivity index (χ2v) is 10.6. The Morgan fingerprint density at radius 3 is 2.53 bits per heavy atom. The van der Waals surface area contributed by atoms with Crippen molar-refractivity contribution in [2.75, 3.05) is 0 Å². The van der Waals surface area contributed by atoms with Gasteiger partial charge in [0.15, 0.2) is 6.10 Å². The minimum atomic E-state index is -0.871. The number of hydrogen-bond acceptors (Lipinski definition) is 5. The van der Waals surface area contributed by atoms with Crippen molar-refractivity contribution in [3.05, 3.63) is 39.9 Å². The van der Waals surface area contributed by atoms with Crippen LogP contribution in [0.1, 0.15) is 68.1 Å². The Balaban J connectivity index is 1.16. The van der Waals surface area contributed by atoms with Crippen LogP contribution >= 0.6 is 0 Å². The van der Waals surface area contributed by atoms with Crippen molar-refractivity contribution in [1.82, 2.24) is 14.9 Å². The summed E-state index contributed by atoms with van der Waals surface area (Å²) in [4.78, 5) is 42.9. The molecular weight excluding hydrogens is 406 g/mol. The van der Waals surface area contributed by atoms with E-state index in [-0.39, 0.29) is 17.0 Å². The van der Waals surface area contributed by atoms with Gasteiger partial charge in [0.2, 0.25) is 0 Å². The summed E-state index contributed by atoms with van der Waals surface area (Å²) >= 11 is 0. The molecule has 1 atom stereocenters. The summed E-state index contributed by atoms with van der Waals surface area (Å²) in [5.74, 6) is 2.18. The van der Waals surface area contributed by atoms with Crippen LogP contribution in [0.5, 0.6) is 0 Å². The Bertz CT molecular complexity index is 1150. The molecular formula is C25H29N3O4. The molecule has 0 spiro atoms. The lowest BCUT2D eigenvalue weighted by molar-refractivity contribution is -0.134. The zero-order chi connectivity index (χ0) is 22.0. The maximum absolute atomic E-state index is 12.9. The van der Waals surface area contributed by atoms with E-state index in [1.165, 1.54) is 19.3 Å². The van der Waals surface area contributed by atoms with Gasteiger partial charge in [0.25, 0.3) is 11.5 Å². The molecule has 2 heterocycles. The van der Waals surface area contributed by atoms with Crippen molar-refractivity contribution < 1.29 is 14.3 Å². The number of amides is 1. The van der Waals surface area contributed by atoms with E-state index in [2.05, 4.69) is 10.3 Å². The van der Waals surface area contributed by atoms with Crippen molar-refractivity contribution in [1.29, 1.82) is 0 Å². The Kier molecular flexibility index (Phi) is 4.46. The summed E-state index contributed by atoms with van der Waals surface area (Å²) < 4.78 is 7.23. The third-order valence-corrected chi connectivity index (χ3v) is 8.13. The van der Waals surface area contributed by atoms with Crippen LogP contribution in [0.2, 0.25) is 0 Å². The fourth-order valence-corrected chi connectivity index (χ4v) is 7.12. The van der Waals surface area contributed by atoms with Crippen molar-refractivity contribution in [2.24, 2.45) is 17.8 Å². The zero-order valence-electron chi connectivity index (χ0n) is 18.4. The summed E-state index contributed by atoms with van der Waals surface area (Å²) in [5.41, 5.74) is 0.637. The van der Waals surface area contributed by atoms with Gasteiger partial charge < -0.3 is 10.1 Å². The van der Waals surface area contributed by atoms with Crippen molar-refractivity contribution >= 4 is 22.8 Å². The molecule has 5 aliphatic rings. The van der Waals surface area contributed by atoms with Gasteiger partial charge in [0, 0.05) is 18.5 Å². The Morgan fingerprint density at radius 1 is 1.16 bits per heavy atom. The lowest BCUT2D eigenvalue weighted by Crippen LogP contribution is -2.61. The van der Waals surface area contributed by atoms with E-state index in [0.29, 0.717) is 23.0 Å². The number of nitrogens with zero attached hydrogens (tertiary/aromatic N) is 2. The first-order valence-electron chi connectivity index (χ1n) is 12.0. The van der Waals surface area contributed by atoms with Crippen LogP contribution in [-0.4, -0.2) is 33.1 Å². The lowest BCUT2D eigenvalue weighted by atomic mass is 9.53. The molecule has 1 aliphatic heterocycles. The third kappa shape index (κ3) is 3.24. The van der Waals surface area contributed by atoms with Crippen LogP contribution in [0.3, 0.4) is 0 Å². The van der Waals surface area contributed by atoms with Gasteiger partial charge in [0.05, 0.1) is 16.5 Å². The third-order valence-electron chi connectivity index (χ3n) is 8.13. The highest BCUT2D eigenvalue weighted by molar-refractivity contribution is 5.95. The summed E-state index contributed by atoms with van der Waals surface area (Å²) in [6, 6.07) is 4.81. The number of esters is 1. The largest absolute Gasteiger partial charge is 0.449 e. The van der Waals surface area contributed by atoms with Crippen LogP contribution in [-0.2, 0) is 22.5 Å². The van der Waals surface area contributed by atoms with E-state index in [0.717, 1.165) is 55.7 Å². The molecule has 0 saturated heterocycles. The summed E-state index contributed by atoms with van der Waals surface area (Å²) in [6.45, 7) is 2.32. The van der Waals surface area contributed by atoms with Crippen molar-refractivity contribution in [3.63, 3.8) is 0 Å². The van der Waals surface area contributed by atoms with Crippen molar-refractivity contribution in [3.8, 4) is 0 Å². The molecule has 2 aromatic rings. The molecule has 168 valence electrons. The predicted octanol–water partition coefficient (Wildman–Crippen LogP) is 2.97. The first-order chi connectivity index (χ1) is 15.4. The number of aromatic nitrogens is 2. The number of carbonyl (C=O) groups excluding carboxylic acids is 2. The average molecular weight is 436 g/mol. The number of rotatable bonds is 4. The van der Waals surface area contributed by atoms with Crippen molar-refractivity contribution in [2.45, 2.75) is 76.5 Å². The fourth-order valence-electron chi connectivity index (χ4n) is 7.12. The van der Waals surface area contributed by atoms with Gasteiger partial charge >= 0.3 is 5.97 Å². The number of aryl methyl sites for hydroxylation is 1. The number of carbonyl (C=O) groups is 2. The van der Waals surface area contributed by atoms with Gasteiger partial charge in [-0.25, -0.2) is 9.78 Å². The standard InChI is InChI=1S/C25H29N3O4/c1-14(22(29)27-25-11-15-7-16(12-25)9-17(8-15)13-25)32-24(31)18-4-5-19-20(10-18)26-21-3-2-6-28(21)23(19)30/h4-5,10,14-17H,2-3,6-9,11-13H2,1H3,(H,27,29)/t14-,15?,16?,17?,25?/m1/s1. The van der Waals surface area contributed by atoms with Crippen LogP contribution in [0, 0.1) is 17.8 Å². The molecule has 1 N–H and O–H groups in total. The van der Waals surface area contributed by atoms with E-state index in [4.69, 9.17) is 4.74 Å². The Morgan fingerprint density at radius 2 is 1.84 bits per heavy atom. The van der Waals surface area contributed by atoms with E-state index in [1.807, 2.05) is 0 Å². The number of hydrogen-bond donors (Lipinski definition) is 1. The Labute approximate surface area is 186 Å². The fraction of sp³-hybridized carbons (Fsp3) is 0.600. The summed E-state index contributed by atoms with van der Waals surface area (Å²) in [7, 11) is 0. The van der Waals surface area contributed by atoms with Crippen LogP contribution in [0.15, 0.2) is 23.0 Å². The number of nitrogens with one attached hydrogen (secondary N) is 1. The molecule has 1 amide bonds. The van der Waals surface area contributed by atoms with E-state index >= 15 is 0 Å². The topological polar surface area (TPSA) is 90.3 Å². The highest BCUT2D eigenvalue weighted by atomic mass is 16.5. The van der Waals surface area contributed by atoms with Crippen LogP contribution < -0.4 is 10.9 Å². The molecule has 7 rings (SSSR count). The number of benzene rings is 1. The maximum atomic E-state index is 12.9. The SMILES string of the molecule is C[C@@H](OC(=O)c1ccc2c(=O)n3c(nc2c1)CCC3)C(=O)NC12CC3CC(CC(C3)C1)C2. The van der Waals surface area contributed by atoms with Gasteiger partial charge in [-0.05, 0) is 87.8 Å². The second-order valence-electron chi connectivity index (χ2n) is 10.6. The van der Waals surface area contributed by atoms with Gasteiger partial charge in [-0.15, -0.1) is 0 Å². The molecule has 7 nitrogen and oxygen atoms in total. The minimum Gasteiger partial charge on any atom is -0.449 e. The number of fused-ring (bicyclic) bond motifs is 2. The molecule has 1 aromatic heterocycles. The molecule has 4 fully saturated rings. The average Bonchev–Trinajstić information content (AvgIpc) is 3.21. The Hall–Kier alpha value is -2.70. The maximum Gasteiger partial charge on any atom is 0.338 e. The van der Waals surface area contributed by atoms with E-state index in [1.54, 1.807) is 29.7 Å². The normalized spacial score (nSPS) is 30.8. The van der Waals surface area contributed by atoms with Crippen LogP contribution in [0.25, 0.3) is 10.9 Å². The molecule has 4 bridgehead atoms. The number of ether oxygens (including phenoxy) is 1. The van der Waals surface area contributed by atoms with Gasteiger partial charge in [-0.3, -0.25) is 14.2 Å². The quantitative estimate of drug-likeness (QED) is 0.746. The highest BCUT2D eigenvalue weighted by Gasteiger charge is 2.51. The molecule has 4 saturated carbocycles. The molecule has 32 heavy (non-hydrogen) atoms. The van der Waals surface area contributed by atoms with E-state index < -0.39 is 12.1 Å². The smallest absolute Gasteiger partial charge is 0.338 e. The van der Waals surface area contributed by atoms with Gasteiger partial charge in [-0.2, -0.15) is 0 Å².